The van der Waals surface area contributed by atoms with Crippen LogP contribution in [0.3, 0.4) is 0 Å². The minimum atomic E-state index is 0.737. The second kappa shape index (κ2) is 2.20. The molecule has 1 unspecified atom stereocenters. The first-order valence-electron chi connectivity index (χ1n) is 4.45. The zero-order valence-corrected chi connectivity index (χ0v) is 8.78. The Labute approximate surface area is 71.3 Å². The van der Waals surface area contributed by atoms with Crippen LogP contribution in [-0.2, 0) is 0 Å². The van der Waals surface area contributed by atoms with Crippen LogP contribution in [0.1, 0.15) is 19.8 Å². The van der Waals surface area contributed by atoms with E-state index < -0.39 is 0 Å². The molecule has 0 aromatic rings. The summed E-state index contributed by atoms with van der Waals surface area (Å²) in [7, 11) is 3.38. The number of hydrogen-bond acceptors (Lipinski definition) is 1. The Morgan fingerprint density at radius 1 is 1.27 bits per heavy atom. The molecule has 0 N–H and O–H groups in total. The SMILES string of the molecule is CPC1(C)CC2(CN(C)C2)C1. The van der Waals surface area contributed by atoms with E-state index in [-0.39, 0.29) is 0 Å². The first kappa shape index (κ1) is 8.01. The Balaban J connectivity index is 1.88. The molecule has 1 saturated heterocycles. The molecule has 0 aromatic heterocycles. The zero-order valence-electron chi connectivity index (χ0n) is 7.78. The molecule has 1 saturated carbocycles. The summed E-state index contributed by atoms with van der Waals surface area (Å²) in [5, 5.41) is 0.737. The van der Waals surface area contributed by atoms with E-state index in [1.807, 2.05) is 0 Å². The lowest BCUT2D eigenvalue weighted by Gasteiger charge is -2.63. The lowest BCUT2D eigenvalue weighted by Crippen LogP contribution is -2.64. The first-order chi connectivity index (χ1) is 5.08. The largest absolute Gasteiger partial charge is 0.305 e. The molecule has 2 aliphatic rings. The highest BCUT2D eigenvalue weighted by Crippen LogP contribution is 2.60. The average molecular weight is 171 g/mol. The molecule has 2 rings (SSSR count). The van der Waals surface area contributed by atoms with Gasteiger partial charge in [0.1, 0.15) is 0 Å². The lowest BCUT2D eigenvalue weighted by molar-refractivity contribution is -0.0637. The second-order valence-electron chi connectivity index (χ2n) is 4.84. The van der Waals surface area contributed by atoms with E-state index in [4.69, 9.17) is 0 Å². The van der Waals surface area contributed by atoms with Gasteiger partial charge < -0.3 is 4.90 Å². The fourth-order valence-electron chi connectivity index (χ4n) is 3.10. The molecular weight excluding hydrogens is 153 g/mol. The molecule has 0 bridgehead atoms. The number of hydrogen-bond donors (Lipinski definition) is 0. The van der Waals surface area contributed by atoms with Crippen molar-refractivity contribution in [2.75, 3.05) is 26.8 Å². The lowest BCUT2D eigenvalue weighted by atomic mass is 9.58. The Morgan fingerprint density at radius 2 is 1.82 bits per heavy atom. The quantitative estimate of drug-likeness (QED) is 0.543. The van der Waals surface area contributed by atoms with E-state index in [0.717, 1.165) is 19.2 Å². The summed E-state index contributed by atoms with van der Waals surface area (Å²) in [5.74, 6) is 0. The summed E-state index contributed by atoms with van der Waals surface area (Å²) >= 11 is 0. The van der Waals surface area contributed by atoms with Crippen LogP contribution in [0.15, 0.2) is 0 Å². The Morgan fingerprint density at radius 3 is 2.18 bits per heavy atom. The number of rotatable bonds is 1. The predicted octanol–water partition coefficient (Wildman–Crippen LogP) is 1.78. The zero-order chi connectivity index (χ0) is 8.11. The van der Waals surface area contributed by atoms with Crippen LogP contribution in [-0.4, -0.2) is 36.9 Å². The molecule has 2 fully saturated rings. The fraction of sp³-hybridized carbons (Fsp3) is 1.00. The Hall–Kier alpha value is 0.390. The van der Waals surface area contributed by atoms with Crippen molar-refractivity contribution in [3.63, 3.8) is 0 Å². The van der Waals surface area contributed by atoms with Gasteiger partial charge in [-0.15, -0.1) is 8.58 Å². The van der Waals surface area contributed by atoms with Gasteiger partial charge in [-0.3, -0.25) is 0 Å². The summed E-state index contributed by atoms with van der Waals surface area (Å²) in [5.41, 5.74) is 0.784. The molecule has 0 amide bonds. The molecule has 0 aromatic carbocycles. The summed E-state index contributed by atoms with van der Waals surface area (Å²) in [6, 6.07) is 0. The van der Waals surface area contributed by atoms with E-state index in [0.29, 0.717) is 0 Å². The molecule has 1 nitrogen and oxygen atoms in total. The number of nitrogens with zero attached hydrogens (tertiary/aromatic N) is 1. The van der Waals surface area contributed by atoms with Gasteiger partial charge in [-0.2, -0.15) is 0 Å². The summed E-state index contributed by atoms with van der Waals surface area (Å²) in [6.45, 7) is 7.55. The Kier molecular flexibility index (Phi) is 1.60. The van der Waals surface area contributed by atoms with Gasteiger partial charge in [-0.25, -0.2) is 0 Å². The maximum absolute atomic E-state index is 2.45. The predicted molar refractivity (Wildman–Crippen MR) is 51.8 cm³/mol. The third kappa shape index (κ3) is 1.13. The van der Waals surface area contributed by atoms with Crippen LogP contribution in [0.5, 0.6) is 0 Å². The highest BCUT2D eigenvalue weighted by molar-refractivity contribution is 7.39. The summed E-state index contributed by atoms with van der Waals surface area (Å²) in [6.07, 6.45) is 3.00. The van der Waals surface area contributed by atoms with E-state index >= 15 is 0 Å². The Bertz CT molecular complexity index is 164. The van der Waals surface area contributed by atoms with Crippen LogP contribution in [0.4, 0.5) is 0 Å². The van der Waals surface area contributed by atoms with Crippen LogP contribution in [0, 0.1) is 5.41 Å². The molecule has 1 spiro atoms. The maximum Gasteiger partial charge on any atom is 0.00481 e. The fourth-order valence-corrected chi connectivity index (χ4v) is 4.21. The summed E-state index contributed by atoms with van der Waals surface area (Å²) in [4.78, 5) is 2.44. The van der Waals surface area contributed by atoms with Crippen molar-refractivity contribution in [3.8, 4) is 0 Å². The monoisotopic (exact) mass is 171 g/mol. The van der Waals surface area contributed by atoms with Crippen molar-refractivity contribution >= 4 is 8.58 Å². The molecule has 1 aliphatic heterocycles. The highest BCUT2D eigenvalue weighted by atomic mass is 31.1. The van der Waals surface area contributed by atoms with E-state index in [2.05, 4.69) is 25.5 Å². The maximum atomic E-state index is 2.45. The third-order valence-electron chi connectivity index (χ3n) is 3.34. The molecule has 11 heavy (non-hydrogen) atoms. The minimum absolute atomic E-state index is 0.737. The van der Waals surface area contributed by atoms with Crippen molar-refractivity contribution in [3.05, 3.63) is 0 Å². The smallest absolute Gasteiger partial charge is 0.00481 e. The molecule has 1 heterocycles. The molecule has 2 heteroatoms. The van der Waals surface area contributed by atoms with Crippen molar-refractivity contribution in [2.45, 2.75) is 24.9 Å². The summed E-state index contributed by atoms with van der Waals surface area (Å²) < 4.78 is 0. The van der Waals surface area contributed by atoms with Gasteiger partial charge in [0.25, 0.3) is 0 Å². The van der Waals surface area contributed by atoms with Gasteiger partial charge in [0.2, 0.25) is 0 Å². The molecular formula is C9H18NP. The van der Waals surface area contributed by atoms with Crippen molar-refractivity contribution in [2.24, 2.45) is 5.41 Å². The molecule has 64 valence electrons. The normalized spacial score (nSPS) is 34.1. The second-order valence-corrected chi connectivity index (χ2v) is 6.54. The van der Waals surface area contributed by atoms with E-state index in [1.165, 1.54) is 25.9 Å². The van der Waals surface area contributed by atoms with Crippen molar-refractivity contribution in [1.82, 2.24) is 4.90 Å². The average Bonchev–Trinajstić information content (AvgIpc) is 1.81. The third-order valence-corrected chi connectivity index (χ3v) is 4.91. The van der Waals surface area contributed by atoms with Gasteiger partial charge in [0.15, 0.2) is 0 Å². The van der Waals surface area contributed by atoms with E-state index in [1.54, 1.807) is 0 Å². The van der Waals surface area contributed by atoms with Gasteiger partial charge in [0.05, 0.1) is 0 Å². The van der Waals surface area contributed by atoms with E-state index in [9.17, 15) is 0 Å². The van der Waals surface area contributed by atoms with Gasteiger partial charge in [0, 0.05) is 13.1 Å². The van der Waals surface area contributed by atoms with Crippen LogP contribution in [0.2, 0.25) is 0 Å². The first-order valence-corrected chi connectivity index (χ1v) is 5.95. The molecule has 1 atom stereocenters. The van der Waals surface area contributed by atoms with Gasteiger partial charge in [-0.05, 0) is 37.1 Å². The highest BCUT2D eigenvalue weighted by Gasteiger charge is 2.55. The van der Waals surface area contributed by atoms with Gasteiger partial charge in [-0.1, -0.05) is 6.92 Å². The van der Waals surface area contributed by atoms with Crippen molar-refractivity contribution < 1.29 is 0 Å². The van der Waals surface area contributed by atoms with Crippen molar-refractivity contribution in [1.29, 1.82) is 0 Å². The standard InChI is InChI=1S/C9H18NP/c1-8(11-3)4-9(5-8)6-10(2)7-9/h11H,4-7H2,1-3H3. The topological polar surface area (TPSA) is 3.24 Å². The minimum Gasteiger partial charge on any atom is -0.305 e. The molecule has 1 aliphatic carbocycles. The molecule has 0 radical (unpaired) electrons. The van der Waals surface area contributed by atoms with Crippen LogP contribution < -0.4 is 0 Å². The van der Waals surface area contributed by atoms with Crippen LogP contribution in [0.25, 0.3) is 0 Å². The van der Waals surface area contributed by atoms with Gasteiger partial charge >= 0.3 is 0 Å². The van der Waals surface area contributed by atoms with Crippen LogP contribution >= 0.6 is 8.58 Å². The number of likely N-dealkylation sites (tertiary alicyclic amines) is 1.